The first kappa shape index (κ1) is 20.9. The molecule has 1 saturated carbocycles. The predicted molar refractivity (Wildman–Crippen MR) is 111 cm³/mol. The van der Waals surface area contributed by atoms with Crippen molar-refractivity contribution in [2.45, 2.75) is 57.5 Å². The topological polar surface area (TPSA) is 100 Å². The number of carboxylic acids is 1. The molecule has 7 nitrogen and oxygen atoms in total. The van der Waals surface area contributed by atoms with Crippen molar-refractivity contribution < 1.29 is 19.5 Å². The number of carbonyl (C=O) groups is 3. The van der Waals surface area contributed by atoms with Gasteiger partial charge in [0.05, 0.1) is 5.92 Å². The lowest BCUT2D eigenvalue weighted by Gasteiger charge is -2.23. The second kappa shape index (κ2) is 9.11. The average Bonchev–Trinajstić information content (AvgIpc) is 3.31. The Hall–Kier alpha value is -2.83. The van der Waals surface area contributed by atoms with E-state index in [-0.39, 0.29) is 17.9 Å². The fraction of sp³-hybridized carbons (Fsp3) is 0.500. The van der Waals surface area contributed by atoms with Crippen molar-refractivity contribution in [2.24, 2.45) is 13.0 Å². The zero-order chi connectivity index (χ0) is 21.0. The Labute approximate surface area is 170 Å². The summed E-state index contributed by atoms with van der Waals surface area (Å²) in [6.45, 7) is 2.03. The van der Waals surface area contributed by atoms with Crippen LogP contribution in [0.3, 0.4) is 0 Å². The van der Waals surface area contributed by atoms with E-state index in [0.29, 0.717) is 24.8 Å². The first-order valence-corrected chi connectivity index (χ1v) is 10.3. The molecule has 2 aromatic rings. The fourth-order valence-corrected chi connectivity index (χ4v) is 4.03. The number of nitrogens with zero attached hydrogens (tertiary/aromatic N) is 1. The van der Waals surface area contributed by atoms with Crippen LogP contribution in [-0.4, -0.2) is 39.5 Å². The van der Waals surface area contributed by atoms with Gasteiger partial charge in [-0.15, -0.1) is 0 Å². The van der Waals surface area contributed by atoms with Crippen LogP contribution in [0.5, 0.6) is 0 Å². The second-order valence-corrected chi connectivity index (χ2v) is 7.86. The fourth-order valence-electron chi connectivity index (χ4n) is 4.03. The Morgan fingerprint density at radius 2 is 2.03 bits per heavy atom. The summed E-state index contributed by atoms with van der Waals surface area (Å²) in [5.74, 6) is -2.03. The zero-order valence-corrected chi connectivity index (χ0v) is 17.0. The van der Waals surface area contributed by atoms with Gasteiger partial charge in [-0.1, -0.05) is 32.3 Å². The maximum absolute atomic E-state index is 12.8. The number of carboxylic acid groups (broad SMARTS) is 1. The van der Waals surface area contributed by atoms with Crippen LogP contribution >= 0.6 is 0 Å². The van der Waals surface area contributed by atoms with Gasteiger partial charge in [-0.25, -0.2) is 0 Å². The summed E-state index contributed by atoms with van der Waals surface area (Å²) in [4.78, 5) is 37.0. The van der Waals surface area contributed by atoms with E-state index in [4.69, 9.17) is 0 Å². The molecule has 0 unspecified atom stereocenters. The first-order chi connectivity index (χ1) is 13.9. The predicted octanol–water partition coefficient (Wildman–Crippen LogP) is 2.84. The van der Waals surface area contributed by atoms with Gasteiger partial charge in [-0.05, 0) is 42.8 Å². The summed E-state index contributed by atoms with van der Waals surface area (Å²) in [6.07, 6.45) is 6.16. The summed E-state index contributed by atoms with van der Waals surface area (Å²) < 4.78 is 1.94. The highest BCUT2D eigenvalue weighted by molar-refractivity contribution is 6.00. The van der Waals surface area contributed by atoms with Crippen LogP contribution in [0.15, 0.2) is 30.5 Å². The molecule has 1 aromatic carbocycles. The van der Waals surface area contributed by atoms with E-state index < -0.39 is 17.9 Å². The summed E-state index contributed by atoms with van der Waals surface area (Å²) in [5, 5.41) is 16.1. The lowest BCUT2D eigenvalue weighted by Crippen LogP contribution is -2.51. The zero-order valence-electron chi connectivity index (χ0n) is 17.0. The number of unbranched alkanes of at least 4 members (excludes halogenated alkanes) is 1. The van der Waals surface area contributed by atoms with Gasteiger partial charge in [0, 0.05) is 30.4 Å². The van der Waals surface area contributed by atoms with E-state index in [1.165, 1.54) is 0 Å². The Balaban J connectivity index is 1.71. The van der Waals surface area contributed by atoms with Crippen LogP contribution in [0, 0.1) is 5.92 Å². The maximum Gasteiger partial charge on any atom is 0.308 e. The molecular weight excluding hydrogens is 370 g/mol. The lowest BCUT2D eigenvalue weighted by atomic mass is 10.0. The van der Waals surface area contributed by atoms with Gasteiger partial charge < -0.3 is 20.3 Å². The molecule has 3 atom stereocenters. The number of carbonyl (C=O) groups excluding carboxylic acids is 2. The van der Waals surface area contributed by atoms with Gasteiger partial charge in [-0.3, -0.25) is 14.4 Å². The third-order valence-corrected chi connectivity index (χ3v) is 5.78. The molecule has 29 heavy (non-hydrogen) atoms. The summed E-state index contributed by atoms with van der Waals surface area (Å²) >= 11 is 0. The van der Waals surface area contributed by atoms with Crippen LogP contribution in [0.2, 0.25) is 0 Å². The first-order valence-electron chi connectivity index (χ1n) is 10.3. The monoisotopic (exact) mass is 399 g/mol. The number of rotatable bonds is 8. The number of amides is 2. The average molecular weight is 399 g/mol. The van der Waals surface area contributed by atoms with Gasteiger partial charge in [0.1, 0.15) is 6.04 Å². The highest BCUT2D eigenvalue weighted by Gasteiger charge is 2.35. The molecule has 1 aliphatic rings. The van der Waals surface area contributed by atoms with Crippen molar-refractivity contribution in [3.8, 4) is 0 Å². The Bertz CT molecular complexity index is 905. The molecule has 0 radical (unpaired) electrons. The summed E-state index contributed by atoms with van der Waals surface area (Å²) in [6, 6.07) is 6.39. The molecule has 7 heteroatoms. The third-order valence-electron chi connectivity index (χ3n) is 5.78. The third kappa shape index (κ3) is 4.78. The quantitative estimate of drug-likeness (QED) is 0.635. The molecule has 1 fully saturated rings. The number of aryl methyl sites for hydroxylation is 1. The number of fused-ring (bicyclic) bond motifs is 1. The molecule has 0 spiro atoms. The molecule has 2 amide bonds. The van der Waals surface area contributed by atoms with E-state index in [1.54, 1.807) is 6.07 Å². The standard InChI is InChI=1S/C22H29N3O4/c1-3-4-7-18(21(27)23-17-8-5-6-16(17)22(28)29)24-20(26)15-10-9-14-11-12-25(2)19(14)13-15/h9-13,16-18H,3-8H2,1-2H3,(H,23,27)(H,24,26)(H,28,29)/t16-,17+,18+/m1/s1. The van der Waals surface area contributed by atoms with Crippen molar-refractivity contribution in [3.05, 3.63) is 36.0 Å². The molecule has 0 saturated heterocycles. The van der Waals surface area contributed by atoms with Crippen LogP contribution < -0.4 is 10.6 Å². The van der Waals surface area contributed by atoms with Crippen molar-refractivity contribution >= 4 is 28.7 Å². The van der Waals surface area contributed by atoms with E-state index >= 15 is 0 Å². The largest absolute Gasteiger partial charge is 0.481 e. The summed E-state index contributed by atoms with van der Waals surface area (Å²) in [5.41, 5.74) is 1.44. The second-order valence-electron chi connectivity index (χ2n) is 7.86. The highest BCUT2D eigenvalue weighted by Crippen LogP contribution is 2.26. The van der Waals surface area contributed by atoms with Gasteiger partial charge in [-0.2, -0.15) is 0 Å². The van der Waals surface area contributed by atoms with E-state index in [2.05, 4.69) is 10.6 Å². The number of benzene rings is 1. The minimum Gasteiger partial charge on any atom is -0.481 e. The molecular formula is C22H29N3O4. The normalized spacial score (nSPS) is 19.8. The van der Waals surface area contributed by atoms with E-state index in [1.807, 2.05) is 42.9 Å². The Morgan fingerprint density at radius 1 is 1.24 bits per heavy atom. The summed E-state index contributed by atoms with van der Waals surface area (Å²) in [7, 11) is 1.92. The minimum atomic E-state index is -0.877. The molecule has 1 aromatic heterocycles. The van der Waals surface area contributed by atoms with Crippen LogP contribution in [0.4, 0.5) is 0 Å². The van der Waals surface area contributed by atoms with Gasteiger partial charge in [0.15, 0.2) is 0 Å². The number of hydrogen-bond acceptors (Lipinski definition) is 3. The molecule has 3 N–H and O–H groups in total. The minimum absolute atomic E-state index is 0.300. The molecule has 1 heterocycles. The number of aromatic nitrogens is 1. The SMILES string of the molecule is CCCC[C@H](NC(=O)c1ccc2ccn(C)c2c1)C(=O)N[C@H]1CCC[C@H]1C(=O)O. The van der Waals surface area contributed by atoms with Gasteiger partial charge in [0.2, 0.25) is 5.91 Å². The van der Waals surface area contributed by atoms with E-state index in [9.17, 15) is 19.5 Å². The van der Waals surface area contributed by atoms with Crippen molar-refractivity contribution in [3.63, 3.8) is 0 Å². The van der Waals surface area contributed by atoms with Crippen LogP contribution in [0.25, 0.3) is 10.9 Å². The Morgan fingerprint density at radius 3 is 2.76 bits per heavy atom. The van der Waals surface area contributed by atoms with Crippen molar-refractivity contribution in [1.29, 1.82) is 0 Å². The molecule has 0 aliphatic heterocycles. The van der Waals surface area contributed by atoms with Crippen molar-refractivity contribution in [2.75, 3.05) is 0 Å². The molecule has 1 aliphatic carbocycles. The number of nitrogens with one attached hydrogen (secondary N) is 2. The van der Waals surface area contributed by atoms with Gasteiger partial charge in [0.25, 0.3) is 5.91 Å². The van der Waals surface area contributed by atoms with Gasteiger partial charge >= 0.3 is 5.97 Å². The van der Waals surface area contributed by atoms with E-state index in [0.717, 1.165) is 30.2 Å². The Kier molecular flexibility index (Phi) is 6.56. The maximum atomic E-state index is 12.8. The van der Waals surface area contributed by atoms with Crippen LogP contribution in [-0.2, 0) is 16.6 Å². The highest BCUT2D eigenvalue weighted by atomic mass is 16.4. The van der Waals surface area contributed by atoms with Crippen molar-refractivity contribution in [1.82, 2.24) is 15.2 Å². The molecule has 3 rings (SSSR count). The van der Waals surface area contributed by atoms with Crippen LogP contribution in [0.1, 0.15) is 55.8 Å². The lowest BCUT2D eigenvalue weighted by molar-refractivity contribution is -0.142. The number of hydrogen-bond donors (Lipinski definition) is 3. The smallest absolute Gasteiger partial charge is 0.308 e. The molecule has 156 valence electrons. The number of aliphatic carboxylic acids is 1. The molecule has 0 bridgehead atoms.